The third-order valence-corrected chi connectivity index (χ3v) is 10.6. The smallest absolute Gasteiger partial charge is 0.0890 e. The second kappa shape index (κ2) is 17.3. The van der Waals surface area contributed by atoms with E-state index in [1.54, 1.807) is 0 Å². The Kier molecular flexibility index (Phi) is 15.2. The van der Waals surface area contributed by atoms with Crippen LogP contribution in [-0.2, 0) is 0 Å². The molecule has 0 saturated carbocycles. The van der Waals surface area contributed by atoms with E-state index in [4.69, 9.17) is 0 Å². The number of aliphatic hydroxyl groups excluding tert-OH is 3. The van der Waals surface area contributed by atoms with Crippen LogP contribution in [0.5, 0.6) is 0 Å². The topological polar surface area (TPSA) is 60.7 Å². The van der Waals surface area contributed by atoms with Gasteiger partial charge < -0.3 is 15.3 Å². The van der Waals surface area contributed by atoms with Crippen LogP contribution < -0.4 is 0 Å². The fourth-order valence-corrected chi connectivity index (χ4v) is 7.63. The molecule has 2 rings (SSSR count). The van der Waals surface area contributed by atoms with Crippen molar-refractivity contribution in [1.82, 2.24) is 0 Å². The van der Waals surface area contributed by atoms with Crippen LogP contribution in [0.3, 0.4) is 0 Å². The van der Waals surface area contributed by atoms with Gasteiger partial charge in [0.25, 0.3) is 0 Å². The first-order valence-electron chi connectivity index (χ1n) is 17.5. The molecule has 0 spiro atoms. The van der Waals surface area contributed by atoms with Crippen molar-refractivity contribution in [1.29, 1.82) is 0 Å². The number of aliphatic hydroxyl groups is 3. The molecular weight excluding hydrogens is 528 g/mol. The van der Waals surface area contributed by atoms with Gasteiger partial charge in [-0.1, -0.05) is 132 Å². The molecular formula is C40H68O3. The van der Waals surface area contributed by atoms with Gasteiger partial charge in [0.15, 0.2) is 0 Å². The molecule has 2 aliphatic carbocycles. The molecule has 0 radical (unpaired) electrons. The fourth-order valence-electron chi connectivity index (χ4n) is 7.63. The molecule has 246 valence electrons. The van der Waals surface area contributed by atoms with Crippen molar-refractivity contribution >= 4 is 0 Å². The van der Waals surface area contributed by atoms with E-state index < -0.39 is 12.2 Å². The number of hydrogen-bond donors (Lipinski definition) is 3. The lowest BCUT2D eigenvalue weighted by Gasteiger charge is -2.42. The summed E-state index contributed by atoms with van der Waals surface area (Å²) < 4.78 is 0. The zero-order chi connectivity index (χ0) is 32.4. The highest BCUT2D eigenvalue weighted by molar-refractivity contribution is 5.29. The van der Waals surface area contributed by atoms with Gasteiger partial charge in [-0.05, 0) is 95.3 Å². The number of hydrogen-bond acceptors (Lipinski definition) is 3. The molecule has 0 heterocycles. The second-order valence-electron chi connectivity index (χ2n) is 15.9. The Morgan fingerprint density at radius 3 is 2.02 bits per heavy atom. The third-order valence-electron chi connectivity index (χ3n) is 10.6. The van der Waals surface area contributed by atoms with Crippen molar-refractivity contribution in [3.63, 3.8) is 0 Å². The molecule has 0 amide bonds. The van der Waals surface area contributed by atoms with Gasteiger partial charge in [-0.3, -0.25) is 0 Å². The summed E-state index contributed by atoms with van der Waals surface area (Å²) in [5, 5.41) is 30.8. The minimum atomic E-state index is -0.673. The van der Waals surface area contributed by atoms with Crippen LogP contribution in [0.4, 0.5) is 0 Å². The third kappa shape index (κ3) is 12.1. The standard InChI is InChI=1S/C40H68O3/c1-28(17-13-19-30(3)21-23-35-32(5)25-34(41)27-39(35,7)8)15-11-12-16-29(2)18-14-20-31(4)22-24-36-33(6)26-37(42)38(43)40(36,9)10/h13-14,19-21,28-29,31,34,37-38,41-43H,11-12,15-18,22-27H2,1-10H3/b19-13+,20-14+,30-21+/t28?,29?,31?,34-,37-,38+/m1/s1. The Labute approximate surface area is 266 Å². The summed E-state index contributed by atoms with van der Waals surface area (Å²) in [6.07, 6.45) is 23.2. The lowest BCUT2D eigenvalue weighted by atomic mass is 9.68. The quantitative estimate of drug-likeness (QED) is 0.0943. The van der Waals surface area contributed by atoms with E-state index >= 15 is 0 Å². The minimum absolute atomic E-state index is 0.0882. The van der Waals surface area contributed by atoms with Crippen LogP contribution in [0.15, 0.2) is 58.2 Å². The molecule has 0 aromatic heterocycles. The molecule has 3 unspecified atom stereocenters. The van der Waals surface area contributed by atoms with E-state index in [-0.39, 0.29) is 16.9 Å². The van der Waals surface area contributed by atoms with Crippen LogP contribution >= 0.6 is 0 Å². The van der Waals surface area contributed by atoms with Gasteiger partial charge in [0, 0.05) is 5.41 Å². The molecule has 3 nitrogen and oxygen atoms in total. The van der Waals surface area contributed by atoms with Crippen molar-refractivity contribution in [2.24, 2.45) is 28.6 Å². The van der Waals surface area contributed by atoms with Gasteiger partial charge in [0.1, 0.15) is 0 Å². The SMILES string of the molecule is CC1=C(C/C=C(C)/C=C/CC(C)CCCCC(C)C/C=C/C(C)CCC2=C(C)C[C@@H](O)[C@H](O)C2(C)C)C(C)(C)C[C@H](O)C1. The molecule has 2 aliphatic rings. The largest absolute Gasteiger partial charge is 0.393 e. The Bertz CT molecular complexity index is 1020. The summed E-state index contributed by atoms with van der Waals surface area (Å²) in [5.41, 5.74) is 6.56. The molecule has 0 bridgehead atoms. The number of allylic oxidation sites excluding steroid dienone is 7. The van der Waals surface area contributed by atoms with Gasteiger partial charge >= 0.3 is 0 Å². The first-order chi connectivity index (χ1) is 20.0. The Morgan fingerprint density at radius 2 is 1.42 bits per heavy atom. The van der Waals surface area contributed by atoms with Crippen molar-refractivity contribution in [2.75, 3.05) is 0 Å². The fraction of sp³-hybridized carbons (Fsp3) is 0.750. The van der Waals surface area contributed by atoms with Gasteiger partial charge in [-0.2, -0.15) is 0 Å². The summed E-state index contributed by atoms with van der Waals surface area (Å²) in [7, 11) is 0. The molecule has 0 aromatic carbocycles. The summed E-state index contributed by atoms with van der Waals surface area (Å²) >= 11 is 0. The van der Waals surface area contributed by atoms with Crippen molar-refractivity contribution < 1.29 is 15.3 Å². The monoisotopic (exact) mass is 597 g/mol. The molecule has 0 aliphatic heterocycles. The van der Waals surface area contributed by atoms with Crippen molar-refractivity contribution in [2.45, 2.75) is 165 Å². The predicted molar refractivity (Wildman–Crippen MR) is 186 cm³/mol. The van der Waals surface area contributed by atoms with E-state index in [0.29, 0.717) is 12.3 Å². The Balaban J connectivity index is 1.63. The highest BCUT2D eigenvalue weighted by Crippen LogP contribution is 2.44. The zero-order valence-electron chi connectivity index (χ0n) is 29.7. The minimum Gasteiger partial charge on any atom is -0.393 e. The first-order valence-corrected chi connectivity index (χ1v) is 17.5. The number of unbranched alkanes of at least 4 members (excludes halogenated alkanes) is 1. The van der Waals surface area contributed by atoms with Crippen LogP contribution in [0.25, 0.3) is 0 Å². The molecule has 6 atom stereocenters. The van der Waals surface area contributed by atoms with Crippen LogP contribution in [0, 0.1) is 28.6 Å². The first kappa shape index (κ1) is 37.8. The van der Waals surface area contributed by atoms with E-state index in [0.717, 1.165) is 56.8 Å². The summed E-state index contributed by atoms with van der Waals surface area (Å²) in [6, 6.07) is 0. The normalized spacial score (nSPS) is 26.9. The maximum absolute atomic E-state index is 10.5. The summed E-state index contributed by atoms with van der Waals surface area (Å²) in [6.45, 7) is 22.3. The average molecular weight is 597 g/mol. The Morgan fingerprint density at radius 1 is 0.837 bits per heavy atom. The molecule has 3 N–H and O–H groups in total. The molecule has 0 aromatic rings. The van der Waals surface area contributed by atoms with Crippen molar-refractivity contribution in [3.8, 4) is 0 Å². The highest BCUT2D eigenvalue weighted by Gasteiger charge is 2.41. The molecule has 0 saturated heterocycles. The van der Waals surface area contributed by atoms with Crippen LogP contribution in [-0.4, -0.2) is 33.6 Å². The molecule has 3 heteroatoms. The van der Waals surface area contributed by atoms with Crippen LogP contribution in [0.2, 0.25) is 0 Å². The lowest BCUT2D eigenvalue weighted by molar-refractivity contribution is -0.0469. The van der Waals surface area contributed by atoms with Gasteiger partial charge in [0.2, 0.25) is 0 Å². The maximum Gasteiger partial charge on any atom is 0.0890 e. The van der Waals surface area contributed by atoms with Crippen LogP contribution in [0.1, 0.15) is 146 Å². The molecule has 0 fully saturated rings. The molecule has 43 heavy (non-hydrogen) atoms. The maximum atomic E-state index is 10.5. The lowest BCUT2D eigenvalue weighted by Crippen LogP contribution is -2.44. The predicted octanol–water partition coefficient (Wildman–Crippen LogP) is 10.4. The van der Waals surface area contributed by atoms with E-state index in [9.17, 15) is 15.3 Å². The van der Waals surface area contributed by atoms with Crippen molar-refractivity contribution in [3.05, 3.63) is 58.2 Å². The summed E-state index contributed by atoms with van der Waals surface area (Å²) in [4.78, 5) is 0. The van der Waals surface area contributed by atoms with E-state index in [1.807, 2.05) is 0 Å². The number of rotatable bonds is 16. The van der Waals surface area contributed by atoms with E-state index in [2.05, 4.69) is 99.6 Å². The highest BCUT2D eigenvalue weighted by atomic mass is 16.3. The van der Waals surface area contributed by atoms with E-state index in [1.165, 1.54) is 53.5 Å². The van der Waals surface area contributed by atoms with Gasteiger partial charge in [0.05, 0.1) is 18.3 Å². The van der Waals surface area contributed by atoms with Gasteiger partial charge in [-0.15, -0.1) is 0 Å². The Hall–Kier alpha value is -1.42. The van der Waals surface area contributed by atoms with Gasteiger partial charge in [-0.25, -0.2) is 0 Å². The second-order valence-corrected chi connectivity index (χ2v) is 15.9. The summed E-state index contributed by atoms with van der Waals surface area (Å²) in [5.74, 6) is 1.97. The zero-order valence-corrected chi connectivity index (χ0v) is 29.7. The average Bonchev–Trinajstić information content (AvgIpc) is 2.88.